The summed E-state index contributed by atoms with van der Waals surface area (Å²) in [6, 6.07) is 8.28. The van der Waals surface area contributed by atoms with Crippen molar-refractivity contribution in [3.05, 3.63) is 40.3 Å². The van der Waals surface area contributed by atoms with Crippen molar-refractivity contribution in [3.8, 4) is 0 Å². The van der Waals surface area contributed by atoms with Crippen molar-refractivity contribution in [2.45, 2.75) is 33.6 Å². The van der Waals surface area contributed by atoms with Crippen molar-refractivity contribution in [1.29, 1.82) is 0 Å². The SMILES string of the molecule is CCOC(=O)C1CCN(c2nc3ccc(C)cc3cc2/C=C2\SC(=S)N(CC)C2=O)CC1. The highest BCUT2D eigenvalue weighted by molar-refractivity contribution is 8.26. The van der Waals surface area contributed by atoms with Crippen molar-refractivity contribution in [3.63, 3.8) is 0 Å². The average Bonchev–Trinajstić information content (AvgIpc) is 3.05. The Morgan fingerprint density at radius 2 is 2.03 bits per heavy atom. The lowest BCUT2D eigenvalue weighted by atomic mass is 9.96. The third-order valence-electron chi connectivity index (χ3n) is 5.87. The van der Waals surface area contributed by atoms with Crippen LogP contribution in [0.1, 0.15) is 37.8 Å². The molecule has 0 spiro atoms. The standard InChI is InChI=1S/C24H27N3O3S2/c1-4-27-22(28)20(32-24(27)31)14-18-13-17-12-15(3)6-7-19(17)25-21(18)26-10-8-16(9-11-26)23(29)30-5-2/h6-7,12-14,16H,4-5,8-11H2,1-3H3/b20-14-. The third kappa shape index (κ3) is 4.52. The molecule has 2 aliphatic rings. The molecule has 4 rings (SSSR count). The first-order valence-electron chi connectivity index (χ1n) is 11.0. The molecule has 0 radical (unpaired) electrons. The molecule has 2 fully saturated rings. The summed E-state index contributed by atoms with van der Waals surface area (Å²) in [6.07, 6.45) is 3.37. The summed E-state index contributed by atoms with van der Waals surface area (Å²) in [5.74, 6) is 0.598. The van der Waals surface area contributed by atoms with Gasteiger partial charge in [-0.15, -0.1) is 0 Å². The molecule has 0 saturated carbocycles. The molecule has 3 heterocycles. The Bertz CT molecular complexity index is 1110. The molecule has 0 unspecified atom stereocenters. The van der Waals surface area contributed by atoms with Crippen molar-refractivity contribution in [1.82, 2.24) is 9.88 Å². The number of rotatable bonds is 5. The zero-order valence-corrected chi connectivity index (χ0v) is 20.2. The number of aryl methyl sites for hydroxylation is 1. The molecule has 1 aromatic heterocycles. The van der Waals surface area contributed by atoms with E-state index < -0.39 is 0 Å². The molecular formula is C24H27N3O3S2. The van der Waals surface area contributed by atoms with E-state index in [9.17, 15) is 9.59 Å². The minimum atomic E-state index is -0.113. The Balaban J connectivity index is 1.70. The highest BCUT2D eigenvalue weighted by atomic mass is 32.2. The predicted octanol–water partition coefficient (Wildman–Crippen LogP) is 4.54. The van der Waals surface area contributed by atoms with Gasteiger partial charge in [0.05, 0.1) is 22.9 Å². The van der Waals surface area contributed by atoms with E-state index in [0.717, 1.165) is 40.7 Å². The smallest absolute Gasteiger partial charge is 0.309 e. The Labute approximate surface area is 198 Å². The van der Waals surface area contributed by atoms with E-state index in [4.69, 9.17) is 21.9 Å². The molecule has 0 aliphatic carbocycles. The van der Waals surface area contributed by atoms with Gasteiger partial charge in [-0.25, -0.2) is 4.98 Å². The number of esters is 1. The molecule has 0 bridgehead atoms. The van der Waals surface area contributed by atoms with Crippen LogP contribution in [-0.2, 0) is 14.3 Å². The maximum atomic E-state index is 12.8. The largest absolute Gasteiger partial charge is 0.466 e. The molecule has 2 aromatic rings. The number of piperidine rings is 1. The number of hydrogen-bond donors (Lipinski definition) is 0. The van der Waals surface area contributed by atoms with Crippen molar-refractivity contribution < 1.29 is 14.3 Å². The maximum Gasteiger partial charge on any atom is 0.309 e. The van der Waals surface area contributed by atoms with Crippen LogP contribution in [0.3, 0.4) is 0 Å². The highest BCUT2D eigenvalue weighted by Gasteiger charge is 2.32. The first-order valence-corrected chi connectivity index (χ1v) is 12.2. The third-order valence-corrected chi connectivity index (χ3v) is 7.25. The van der Waals surface area contributed by atoms with E-state index in [1.54, 1.807) is 4.90 Å². The summed E-state index contributed by atoms with van der Waals surface area (Å²) in [5, 5.41) is 1.03. The number of aromatic nitrogens is 1. The molecule has 1 amide bonds. The number of ether oxygens (including phenoxy) is 1. The Hall–Kier alpha value is -2.45. The molecule has 6 nitrogen and oxygen atoms in total. The number of hydrogen-bond acceptors (Lipinski definition) is 7. The average molecular weight is 470 g/mol. The minimum absolute atomic E-state index is 0.0567. The number of likely N-dealkylation sites (N-methyl/N-ethyl adjacent to an activating group) is 1. The van der Waals surface area contributed by atoms with E-state index in [-0.39, 0.29) is 17.8 Å². The van der Waals surface area contributed by atoms with Crippen molar-refractivity contribution in [2.24, 2.45) is 5.92 Å². The number of carbonyl (C=O) groups is 2. The van der Waals surface area contributed by atoms with Gasteiger partial charge in [0, 0.05) is 30.6 Å². The summed E-state index contributed by atoms with van der Waals surface area (Å²) >= 11 is 6.71. The van der Waals surface area contributed by atoms with Gasteiger partial charge in [0.15, 0.2) is 0 Å². The summed E-state index contributed by atoms with van der Waals surface area (Å²) in [7, 11) is 0. The van der Waals surface area contributed by atoms with Gasteiger partial charge in [0.1, 0.15) is 10.1 Å². The van der Waals surface area contributed by atoms with Gasteiger partial charge in [-0.3, -0.25) is 14.5 Å². The van der Waals surface area contributed by atoms with Crippen LogP contribution in [0.2, 0.25) is 0 Å². The fourth-order valence-corrected chi connectivity index (χ4v) is 5.54. The van der Waals surface area contributed by atoms with Crippen LogP contribution in [0.15, 0.2) is 29.2 Å². The van der Waals surface area contributed by atoms with Crippen LogP contribution in [0.25, 0.3) is 17.0 Å². The van der Waals surface area contributed by atoms with Crippen LogP contribution in [0, 0.1) is 12.8 Å². The number of carbonyl (C=O) groups excluding carboxylic acids is 2. The monoisotopic (exact) mass is 469 g/mol. The topological polar surface area (TPSA) is 62.7 Å². The second kappa shape index (κ2) is 9.58. The fraction of sp³-hybridized carbons (Fsp3) is 0.417. The van der Waals surface area contributed by atoms with Crippen LogP contribution < -0.4 is 4.90 Å². The zero-order chi connectivity index (χ0) is 22.8. The van der Waals surface area contributed by atoms with E-state index in [2.05, 4.69) is 30.0 Å². The number of pyridine rings is 1. The lowest BCUT2D eigenvalue weighted by molar-refractivity contribution is -0.148. The summed E-state index contributed by atoms with van der Waals surface area (Å²) in [6.45, 7) is 8.21. The summed E-state index contributed by atoms with van der Waals surface area (Å²) in [4.78, 5) is 34.4. The lowest BCUT2D eigenvalue weighted by Gasteiger charge is -2.32. The molecule has 2 saturated heterocycles. The Morgan fingerprint density at radius 3 is 2.69 bits per heavy atom. The van der Waals surface area contributed by atoms with Crippen molar-refractivity contribution in [2.75, 3.05) is 31.1 Å². The molecule has 32 heavy (non-hydrogen) atoms. The second-order valence-electron chi connectivity index (χ2n) is 8.04. The lowest BCUT2D eigenvalue weighted by Crippen LogP contribution is -2.37. The molecule has 168 valence electrons. The quantitative estimate of drug-likeness (QED) is 0.362. The van der Waals surface area contributed by atoms with Crippen molar-refractivity contribution >= 4 is 63.0 Å². The van der Waals surface area contributed by atoms with E-state index in [1.807, 2.05) is 26.0 Å². The molecular weight excluding hydrogens is 442 g/mol. The first-order chi connectivity index (χ1) is 15.4. The fourth-order valence-electron chi connectivity index (χ4n) is 4.16. The summed E-state index contributed by atoms with van der Waals surface area (Å²) < 4.78 is 5.79. The normalized spacial score (nSPS) is 18.8. The Kier molecular flexibility index (Phi) is 6.81. The highest BCUT2D eigenvalue weighted by Crippen LogP contribution is 2.36. The molecule has 8 heteroatoms. The molecule has 2 aliphatic heterocycles. The zero-order valence-electron chi connectivity index (χ0n) is 18.6. The maximum absolute atomic E-state index is 12.8. The minimum Gasteiger partial charge on any atom is -0.466 e. The van der Waals surface area contributed by atoms with E-state index in [0.29, 0.717) is 35.5 Å². The number of nitrogens with zero attached hydrogens (tertiary/aromatic N) is 3. The predicted molar refractivity (Wildman–Crippen MR) is 134 cm³/mol. The van der Waals surface area contributed by atoms with E-state index >= 15 is 0 Å². The first kappa shape index (κ1) is 22.7. The van der Waals surface area contributed by atoms with Gasteiger partial charge in [0.2, 0.25) is 0 Å². The second-order valence-corrected chi connectivity index (χ2v) is 9.71. The summed E-state index contributed by atoms with van der Waals surface area (Å²) in [5.41, 5.74) is 2.97. The van der Waals surface area contributed by atoms with Crippen LogP contribution in [0.5, 0.6) is 0 Å². The van der Waals surface area contributed by atoms with Crippen LogP contribution in [-0.4, -0.2) is 52.3 Å². The molecule has 1 aromatic carbocycles. The van der Waals surface area contributed by atoms with Gasteiger partial charge in [-0.2, -0.15) is 0 Å². The van der Waals surface area contributed by atoms with Gasteiger partial charge >= 0.3 is 5.97 Å². The van der Waals surface area contributed by atoms with Crippen LogP contribution >= 0.6 is 24.0 Å². The molecule has 0 atom stereocenters. The number of fused-ring (bicyclic) bond motifs is 1. The van der Waals surface area contributed by atoms with E-state index in [1.165, 1.54) is 11.8 Å². The number of amides is 1. The van der Waals surface area contributed by atoms with Gasteiger partial charge in [0.25, 0.3) is 5.91 Å². The number of thiocarbonyl (C=S) groups is 1. The van der Waals surface area contributed by atoms with Crippen LogP contribution in [0.4, 0.5) is 5.82 Å². The van der Waals surface area contributed by atoms with Gasteiger partial charge in [-0.1, -0.05) is 35.6 Å². The van der Waals surface area contributed by atoms with Gasteiger partial charge < -0.3 is 9.64 Å². The number of benzene rings is 1. The van der Waals surface area contributed by atoms with Gasteiger partial charge in [-0.05, 0) is 57.9 Å². The Morgan fingerprint density at radius 1 is 1.28 bits per heavy atom. The number of thioether (sulfide) groups is 1. The number of anilines is 1. The molecule has 0 N–H and O–H groups in total.